The number of hydrogen-bond donors (Lipinski definition) is 2. The van der Waals surface area contributed by atoms with Gasteiger partial charge in [0.15, 0.2) is 0 Å². The van der Waals surface area contributed by atoms with Crippen molar-refractivity contribution in [2.75, 3.05) is 13.1 Å². The van der Waals surface area contributed by atoms with Crippen LogP contribution in [0.3, 0.4) is 0 Å². The smallest absolute Gasteiger partial charge is 0.325 e. The first-order valence-corrected chi connectivity index (χ1v) is 6.20. The van der Waals surface area contributed by atoms with Gasteiger partial charge in [0.2, 0.25) is 0 Å². The van der Waals surface area contributed by atoms with Crippen LogP contribution in [-0.2, 0) is 17.9 Å². The van der Waals surface area contributed by atoms with Crippen molar-refractivity contribution in [3.63, 3.8) is 0 Å². The average Bonchev–Trinajstić information content (AvgIpc) is 2.79. The van der Waals surface area contributed by atoms with Gasteiger partial charge in [0.05, 0.1) is 12.7 Å². The second kappa shape index (κ2) is 7.34. The van der Waals surface area contributed by atoms with Gasteiger partial charge < -0.3 is 15.3 Å². The number of carbonyl (C=O) groups excluding carboxylic acids is 1. The van der Waals surface area contributed by atoms with Gasteiger partial charge in [-0.3, -0.25) is 4.79 Å². The summed E-state index contributed by atoms with van der Waals surface area (Å²) in [6.07, 6.45) is 2.40. The molecule has 106 valence electrons. The topological polar surface area (TPSA) is 100 Å². The van der Waals surface area contributed by atoms with Crippen molar-refractivity contribution >= 4 is 12.0 Å². The summed E-state index contributed by atoms with van der Waals surface area (Å²) in [5.74, 6) is -0.986. The quantitative estimate of drug-likeness (QED) is 0.741. The Labute approximate surface area is 111 Å². The van der Waals surface area contributed by atoms with Crippen molar-refractivity contribution < 1.29 is 14.7 Å². The number of carboxylic acid groups (broad SMARTS) is 1. The predicted molar refractivity (Wildman–Crippen MR) is 67.4 cm³/mol. The van der Waals surface area contributed by atoms with Crippen molar-refractivity contribution in [2.24, 2.45) is 0 Å². The number of nitrogens with one attached hydrogen (secondary N) is 1. The molecule has 1 aromatic rings. The molecule has 0 aromatic carbocycles. The lowest BCUT2D eigenvalue weighted by molar-refractivity contribution is -0.137. The van der Waals surface area contributed by atoms with E-state index in [1.807, 2.05) is 13.8 Å². The Balaban J connectivity index is 2.45. The van der Waals surface area contributed by atoms with Crippen LogP contribution in [0.25, 0.3) is 0 Å². The second-order valence-corrected chi connectivity index (χ2v) is 4.04. The number of nitrogens with zero attached hydrogens (tertiary/aromatic N) is 4. The van der Waals surface area contributed by atoms with Crippen molar-refractivity contribution in [1.82, 2.24) is 25.2 Å². The van der Waals surface area contributed by atoms with Crippen molar-refractivity contribution in [3.8, 4) is 0 Å². The molecular weight excluding hydrogens is 250 g/mol. The molecule has 1 heterocycles. The fraction of sp³-hybridized carbons (Fsp3) is 0.636. The number of aliphatic carboxylic acids is 1. The highest BCUT2D eigenvalue weighted by Gasteiger charge is 2.11. The van der Waals surface area contributed by atoms with Crippen LogP contribution >= 0.6 is 0 Å². The third kappa shape index (κ3) is 4.94. The van der Waals surface area contributed by atoms with Crippen LogP contribution in [0, 0.1) is 0 Å². The molecule has 0 saturated heterocycles. The molecule has 1 aromatic heterocycles. The SMILES string of the molecule is CCCN(CC)C(=O)NCc1cn(CC(=O)O)nn1. The van der Waals surface area contributed by atoms with Gasteiger partial charge in [0, 0.05) is 13.1 Å². The third-order valence-electron chi connectivity index (χ3n) is 2.47. The van der Waals surface area contributed by atoms with Gasteiger partial charge in [-0.05, 0) is 13.3 Å². The van der Waals surface area contributed by atoms with Crippen molar-refractivity contribution in [2.45, 2.75) is 33.4 Å². The number of hydrogen-bond acceptors (Lipinski definition) is 4. The summed E-state index contributed by atoms with van der Waals surface area (Å²) in [6, 6.07) is -0.155. The molecule has 0 spiro atoms. The molecule has 0 unspecified atom stereocenters. The molecule has 0 aliphatic rings. The number of urea groups is 1. The van der Waals surface area contributed by atoms with Gasteiger partial charge in [-0.15, -0.1) is 5.10 Å². The van der Waals surface area contributed by atoms with E-state index in [9.17, 15) is 9.59 Å². The molecule has 2 amide bonds. The monoisotopic (exact) mass is 269 g/mol. The van der Waals surface area contributed by atoms with E-state index >= 15 is 0 Å². The molecule has 8 heteroatoms. The van der Waals surface area contributed by atoms with E-state index in [-0.39, 0.29) is 19.1 Å². The molecule has 1 rings (SSSR count). The number of carboxylic acids is 1. The number of aromatic nitrogens is 3. The maximum absolute atomic E-state index is 11.8. The van der Waals surface area contributed by atoms with E-state index in [4.69, 9.17) is 5.11 Å². The minimum absolute atomic E-state index is 0.155. The van der Waals surface area contributed by atoms with Gasteiger partial charge >= 0.3 is 12.0 Å². The Kier molecular flexibility index (Phi) is 5.77. The maximum atomic E-state index is 11.8. The lowest BCUT2D eigenvalue weighted by Gasteiger charge is -2.20. The average molecular weight is 269 g/mol. The summed E-state index contributed by atoms with van der Waals surface area (Å²) < 4.78 is 1.22. The summed E-state index contributed by atoms with van der Waals surface area (Å²) in [5.41, 5.74) is 0.530. The molecule has 19 heavy (non-hydrogen) atoms. The molecule has 0 aliphatic heterocycles. The molecular formula is C11H19N5O3. The molecule has 0 fully saturated rings. The Morgan fingerprint density at radius 1 is 1.47 bits per heavy atom. The van der Waals surface area contributed by atoms with Crippen LogP contribution in [0.2, 0.25) is 0 Å². The summed E-state index contributed by atoms with van der Waals surface area (Å²) in [4.78, 5) is 24.0. The van der Waals surface area contributed by atoms with Gasteiger partial charge in [0.1, 0.15) is 12.2 Å². The highest BCUT2D eigenvalue weighted by Crippen LogP contribution is 1.96. The number of rotatable bonds is 7. The lowest BCUT2D eigenvalue weighted by atomic mass is 10.4. The zero-order valence-electron chi connectivity index (χ0n) is 11.2. The first-order valence-electron chi connectivity index (χ1n) is 6.20. The highest BCUT2D eigenvalue weighted by molar-refractivity contribution is 5.74. The van der Waals surface area contributed by atoms with Crippen LogP contribution in [-0.4, -0.2) is 50.1 Å². The van der Waals surface area contributed by atoms with Crippen LogP contribution in [0.15, 0.2) is 6.20 Å². The fourth-order valence-electron chi connectivity index (χ4n) is 1.59. The molecule has 2 N–H and O–H groups in total. The molecule has 8 nitrogen and oxygen atoms in total. The minimum Gasteiger partial charge on any atom is -0.480 e. The van der Waals surface area contributed by atoms with Gasteiger partial charge in [-0.2, -0.15) is 0 Å². The number of carbonyl (C=O) groups is 2. The van der Waals surface area contributed by atoms with Gasteiger partial charge in [0.25, 0.3) is 0 Å². The maximum Gasteiger partial charge on any atom is 0.325 e. The highest BCUT2D eigenvalue weighted by atomic mass is 16.4. The van der Waals surface area contributed by atoms with Crippen molar-refractivity contribution in [1.29, 1.82) is 0 Å². The predicted octanol–water partition coefficient (Wildman–Crippen LogP) is 0.304. The summed E-state index contributed by atoms with van der Waals surface area (Å²) in [5, 5.41) is 18.8. The second-order valence-electron chi connectivity index (χ2n) is 4.04. The largest absolute Gasteiger partial charge is 0.480 e. The van der Waals surface area contributed by atoms with E-state index in [1.165, 1.54) is 10.9 Å². The van der Waals surface area contributed by atoms with E-state index in [2.05, 4.69) is 15.6 Å². The Bertz CT molecular complexity index is 432. The molecule has 0 bridgehead atoms. The first-order chi connectivity index (χ1) is 9.06. The van der Waals surface area contributed by atoms with E-state index in [0.717, 1.165) is 6.42 Å². The zero-order chi connectivity index (χ0) is 14.3. The summed E-state index contributed by atoms with van der Waals surface area (Å²) in [7, 11) is 0. The standard InChI is InChI=1S/C11H19N5O3/c1-3-5-15(4-2)11(19)12-6-9-7-16(14-13-9)8-10(17)18/h7H,3-6,8H2,1-2H3,(H,12,19)(H,17,18). The fourth-order valence-corrected chi connectivity index (χ4v) is 1.59. The van der Waals surface area contributed by atoms with E-state index in [1.54, 1.807) is 4.90 Å². The third-order valence-corrected chi connectivity index (χ3v) is 2.47. The lowest BCUT2D eigenvalue weighted by Crippen LogP contribution is -2.39. The minimum atomic E-state index is -0.986. The molecule has 0 aliphatic carbocycles. The summed E-state index contributed by atoms with van der Waals surface area (Å²) >= 11 is 0. The number of amides is 2. The van der Waals surface area contributed by atoms with E-state index < -0.39 is 5.97 Å². The Hall–Kier alpha value is -2.12. The Morgan fingerprint density at radius 2 is 2.21 bits per heavy atom. The summed E-state index contributed by atoms with van der Waals surface area (Å²) in [6.45, 7) is 5.27. The van der Waals surface area contributed by atoms with Gasteiger partial charge in [-0.1, -0.05) is 12.1 Å². The van der Waals surface area contributed by atoms with Crippen LogP contribution in [0.5, 0.6) is 0 Å². The van der Waals surface area contributed by atoms with Crippen LogP contribution < -0.4 is 5.32 Å². The van der Waals surface area contributed by atoms with Crippen molar-refractivity contribution in [3.05, 3.63) is 11.9 Å². The zero-order valence-corrected chi connectivity index (χ0v) is 11.2. The van der Waals surface area contributed by atoms with E-state index in [0.29, 0.717) is 18.8 Å². The molecule has 0 saturated carbocycles. The molecule has 0 radical (unpaired) electrons. The normalized spacial score (nSPS) is 10.2. The van der Waals surface area contributed by atoms with Crippen LogP contribution in [0.1, 0.15) is 26.0 Å². The van der Waals surface area contributed by atoms with Gasteiger partial charge in [-0.25, -0.2) is 9.48 Å². The van der Waals surface area contributed by atoms with Crippen LogP contribution in [0.4, 0.5) is 4.79 Å². The first kappa shape index (κ1) is 14.9. The molecule has 0 atom stereocenters. The Morgan fingerprint density at radius 3 is 2.79 bits per heavy atom.